The van der Waals surface area contributed by atoms with Crippen LogP contribution in [-0.4, -0.2) is 39.9 Å². The number of nitrogens with zero attached hydrogens (tertiary/aromatic N) is 3. The average molecular weight is 305 g/mol. The van der Waals surface area contributed by atoms with E-state index in [0.717, 1.165) is 25.7 Å². The Morgan fingerprint density at radius 3 is 2.59 bits per heavy atom. The van der Waals surface area contributed by atoms with Crippen molar-refractivity contribution in [2.75, 3.05) is 13.1 Å². The van der Waals surface area contributed by atoms with E-state index in [4.69, 9.17) is 15.0 Å². The quantitative estimate of drug-likeness (QED) is 0.803. The SMILES string of the molecule is NC(=O)[N+]1(OC(=O)c2nnc3ccocc2-3)CCCCCC1. The predicted octanol–water partition coefficient (Wildman–Crippen LogP) is 1.72. The number of nitrogens with two attached hydrogens (primary N) is 1. The van der Waals surface area contributed by atoms with Crippen molar-refractivity contribution in [2.24, 2.45) is 5.73 Å². The van der Waals surface area contributed by atoms with Gasteiger partial charge in [0.15, 0.2) is 5.69 Å². The van der Waals surface area contributed by atoms with Crippen LogP contribution in [0.5, 0.6) is 0 Å². The summed E-state index contributed by atoms with van der Waals surface area (Å²) >= 11 is 0. The van der Waals surface area contributed by atoms with Crippen molar-refractivity contribution in [1.82, 2.24) is 10.2 Å². The number of hydroxylamine groups is 3. The maximum absolute atomic E-state index is 12.4. The number of fused-ring (bicyclic) bond motifs is 1. The molecule has 8 nitrogen and oxygen atoms in total. The summed E-state index contributed by atoms with van der Waals surface area (Å²) in [5, 5.41) is 7.71. The fourth-order valence-corrected chi connectivity index (χ4v) is 2.69. The Morgan fingerprint density at radius 1 is 1.18 bits per heavy atom. The van der Waals surface area contributed by atoms with E-state index in [1.807, 2.05) is 0 Å². The van der Waals surface area contributed by atoms with Gasteiger partial charge in [0.05, 0.1) is 11.8 Å². The van der Waals surface area contributed by atoms with Gasteiger partial charge in [-0.1, -0.05) is 4.65 Å². The molecule has 0 radical (unpaired) electrons. The molecule has 1 fully saturated rings. The predicted molar refractivity (Wildman–Crippen MR) is 74.4 cm³/mol. The summed E-state index contributed by atoms with van der Waals surface area (Å²) in [7, 11) is 0. The van der Waals surface area contributed by atoms with Crippen molar-refractivity contribution in [3.8, 4) is 11.3 Å². The molecule has 0 aliphatic carbocycles. The summed E-state index contributed by atoms with van der Waals surface area (Å²) in [6, 6.07) is 0.937. The first kappa shape index (κ1) is 14.5. The molecule has 116 valence electrons. The molecule has 0 saturated carbocycles. The number of hydrogen-bond donors (Lipinski definition) is 1. The molecule has 3 rings (SSSR count). The largest absolute Gasteiger partial charge is 0.472 e. The van der Waals surface area contributed by atoms with Gasteiger partial charge in [0.2, 0.25) is 0 Å². The molecule has 0 aromatic rings. The first-order valence-electron chi connectivity index (χ1n) is 7.22. The zero-order valence-corrected chi connectivity index (χ0v) is 12.0. The maximum atomic E-state index is 12.4. The van der Waals surface area contributed by atoms with Crippen LogP contribution in [0.25, 0.3) is 11.3 Å². The third kappa shape index (κ3) is 2.52. The second kappa shape index (κ2) is 5.72. The summed E-state index contributed by atoms with van der Waals surface area (Å²) in [5.74, 6) is -0.718. The topological polar surface area (TPSA) is 108 Å². The number of quaternary nitrogens is 1. The maximum Gasteiger partial charge on any atom is 0.455 e. The summed E-state index contributed by atoms with van der Waals surface area (Å²) in [6.07, 6.45) is 6.35. The lowest BCUT2D eigenvalue weighted by Gasteiger charge is -2.28. The van der Waals surface area contributed by atoms with Gasteiger partial charge in [-0.2, -0.15) is 0 Å². The van der Waals surface area contributed by atoms with Crippen LogP contribution in [-0.2, 0) is 4.84 Å². The highest BCUT2D eigenvalue weighted by atomic mass is 16.8. The summed E-state index contributed by atoms with van der Waals surface area (Å²) in [6.45, 7) is 0.773. The molecule has 3 heterocycles. The van der Waals surface area contributed by atoms with E-state index in [0.29, 0.717) is 24.3 Å². The Hall–Kier alpha value is -2.48. The van der Waals surface area contributed by atoms with E-state index < -0.39 is 16.6 Å². The van der Waals surface area contributed by atoms with Crippen LogP contribution >= 0.6 is 0 Å². The lowest BCUT2D eigenvalue weighted by molar-refractivity contribution is -1.02. The molecule has 0 spiro atoms. The Balaban J connectivity index is 1.87. The van der Waals surface area contributed by atoms with Crippen molar-refractivity contribution in [3.05, 3.63) is 24.3 Å². The molecule has 3 aliphatic rings. The van der Waals surface area contributed by atoms with Crippen LogP contribution in [0, 0.1) is 0 Å². The van der Waals surface area contributed by atoms with Crippen molar-refractivity contribution in [2.45, 2.75) is 25.7 Å². The van der Waals surface area contributed by atoms with E-state index in [2.05, 4.69) is 10.2 Å². The first-order chi connectivity index (χ1) is 10.6. The Bertz CT molecular complexity index is 661. The normalized spacial score (nSPS) is 17.8. The van der Waals surface area contributed by atoms with Gasteiger partial charge in [0.25, 0.3) is 0 Å². The number of carbonyl (C=O) groups is 2. The summed E-state index contributed by atoms with van der Waals surface area (Å²) < 4.78 is 4.55. The van der Waals surface area contributed by atoms with Gasteiger partial charge in [-0.25, -0.2) is 9.59 Å². The van der Waals surface area contributed by atoms with E-state index in [1.165, 1.54) is 12.5 Å². The van der Waals surface area contributed by atoms with Crippen molar-refractivity contribution < 1.29 is 23.5 Å². The van der Waals surface area contributed by atoms with Crippen molar-refractivity contribution >= 4 is 12.0 Å². The van der Waals surface area contributed by atoms with Crippen LogP contribution in [0.2, 0.25) is 0 Å². The van der Waals surface area contributed by atoms with Crippen LogP contribution < -0.4 is 5.73 Å². The molecular weight excluding hydrogens is 288 g/mol. The van der Waals surface area contributed by atoms with E-state index >= 15 is 0 Å². The first-order valence-corrected chi connectivity index (χ1v) is 7.22. The number of likely N-dealkylation sites (tertiary alicyclic amines) is 1. The van der Waals surface area contributed by atoms with Crippen LogP contribution in [0.4, 0.5) is 4.79 Å². The van der Waals surface area contributed by atoms with Crippen molar-refractivity contribution in [1.29, 1.82) is 0 Å². The highest BCUT2D eigenvalue weighted by Crippen LogP contribution is 2.25. The molecule has 0 unspecified atom stereocenters. The number of hydrogen-bond acceptors (Lipinski definition) is 6. The van der Waals surface area contributed by atoms with E-state index in [-0.39, 0.29) is 5.69 Å². The number of primary amides is 1. The zero-order chi connectivity index (χ0) is 15.6. The molecule has 0 aromatic heterocycles. The zero-order valence-electron chi connectivity index (χ0n) is 12.0. The fraction of sp³-hybridized carbons (Fsp3) is 0.429. The van der Waals surface area contributed by atoms with Crippen LogP contribution in [0.3, 0.4) is 0 Å². The standard InChI is InChI=1S/C14H16N4O4/c15-14(20)18(6-3-1-2-4-7-18)22-13(19)12-10-9-21-8-5-11(10)16-17-12/h5,8-9H,1-4,6-7H2,(H-,15,20)/p+1. The molecule has 3 aliphatic heterocycles. The minimum Gasteiger partial charge on any atom is -0.472 e. The average Bonchev–Trinajstić information content (AvgIpc) is 2.80. The molecule has 0 aromatic carbocycles. The summed E-state index contributed by atoms with van der Waals surface area (Å²) in [4.78, 5) is 29.7. The molecule has 0 atom stereocenters. The van der Waals surface area contributed by atoms with Gasteiger partial charge in [0.1, 0.15) is 25.0 Å². The minimum atomic E-state index is -0.718. The van der Waals surface area contributed by atoms with Gasteiger partial charge in [0, 0.05) is 18.9 Å². The van der Waals surface area contributed by atoms with Gasteiger partial charge in [-0.05, 0) is 12.8 Å². The number of rotatable bonds is 1. The lowest BCUT2D eigenvalue weighted by Crippen LogP contribution is -2.57. The third-order valence-electron chi connectivity index (χ3n) is 3.92. The smallest absolute Gasteiger partial charge is 0.455 e. The van der Waals surface area contributed by atoms with Crippen molar-refractivity contribution in [3.63, 3.8) is 0 Å². The highest BCUT2D eigenvalue weighted by molar-refractivity contribution is 5.94. The second-order valence-electron chi connectivity index (χ2n) is 5.37. The summed E-state index contributed by atoms with van der Waals surface area (Å²) in [5.41, 5.74) is 6.49. The number of urea groups is 1. The molecule has 2 amide bonds. The van der Waals surface area contributed by atoms with Gasteiger partial charge in [-0.3, -0.25) is 4.84 Å². The molecule has 0 bridgehead atoms. The van der Waals surface area contributed by atoms with E-state index in [1.54, 1.807) is 6.07 Å². The number of aromatic nitrogens is 2. The second-order valence-corrected chi connectivity index (χ2v) is 5.37. The number of amides is 2. The van der Waals surface area contributed by atoms with E-state index in [9.17, 15) is 9.59 Å². The van der Waals surface area contributed by atoms with Crippen LogP contribution in [0.1, 0.15) is 36.2 Å². The van der Waals surface area contributed by atoms with Gasteiger partial charge in [-0.15, -0.1) is 10.2 Å². The minimum absolute atomic E-state index is 0.0300. The van der Waals surface area contributed by atoms with Crippen LogP contribution in [0.15, 0.2) is 23.0 Å². The third-order valence-corrected chi connectivity index (χ3v) is 3.92. The number of carbonyl (C=O) groups excluding carboxylic acids is 2. The fourth-order valence-electron chi connectivity index (χ4n) is 2.69. The Morgan fingerprint density at radius 2 is 1.91 bits per heavy atom. The van der Waals surface area contributed by atoms with Gasteiger partial charge < -0.3 is 10.2 Å². The highest BCUT2D eigenvalue weighted by Gasteiger charge is 2.42. The lowest BCUT2D eigenvalue weighted by atomic mass is 10.2. The molecule has 8 heteroatoms. The Labute approximate surface area is 126 Å². The molecule has 22 heavy (non-hydrogen) atoms. The Kier molecular flexibility index (Phi) is 3.76. The molecule has 2 N–H and O–H groups in total. The monoisotopic (exact) mass is 305 g/mol. The molecule has 1 saturated heterocycles. The van der Waals surface area contributed by atoms with Gasteiger partial charge >= 0.3 is 12.0 Å². The molecular formula is C14H17N4O4+.